The van der Waals surface area contributed by atoms with Crippen LogP contribution in [0, 0.1) is 0 Å². The first-order valence-electron chi connectivity index (χ1n) is 8.61. The highest BCUT2D eigenvalue weighted by Gasteiger charge is 2.41. The summed E-state index contributed by atoms with van der Waals surface area (Å²) in [6.45, 7) is 0. The van der Waals surface area contributed by atoms with Gasteiger partial charge in [-0.05, 0) is 69.4 Å². The number of nitrogens with zero attached hydrogens (tertiary/aromatic N) is 8. The van der Waals surface area contributed by atoms with Gasteiger partial charge in [-0.3, -0.25) is 0 Å². The number of hydrogen-bond donors (Lipinski definition) is 2. The lowest BCUT2D eigenvalue weighted by Crippen LogP contribution is -2.24. The van der Waals surface area contributed by atoms with Crippen LogP contribution in [0.2, 0.25) is 0 Å². The molecule has 2 heterocycles. The molecule has 0 saturated carbocycles. The van der Waals surface area contributed by atoms with Gasteiger partial charge in [0.2, 0.25) is 36.0 Å². The quantitative estimate of drug-likeness (QED) is 0.308. The summed E-state index contributed by atoms with van der Waals surface area (Å²) in [6, 6.07) is 10.6. The van der Waals surface area contributed by atoms with Gasteiger partial charge < -0.3 is 0 Å². The van der Waals surface area contributed by atoms with Crippen LogP contribution in [0.1, 0.15) is 11.6 Å². The van der Waals surface area contributed by atoms with Gasteiger partial charge in [-0.25, -0.2) is 27.1 Å². The third kappa shape index (κ3) is 4.43. The molecule has 4 rings (SSSR count). The van der Waals surface area contributed by atoms with E-state index in [4.69, 9.17) is 33.5 Å². The van der Waals surface area contributed by atoms with Crippen LogP contribution < -0.4 is 10.3 Å². The Morgan fingerprint density at radius 2 is 1.00 bits per heavy atom. The summed E-state index contributed by atoms with van der Waals surface area (Å²) in [5.74, 6) is -0.210. The maximum atomic E-state index is 11.5. The van der Waals surface area contributed by atoms with E-state index in [-0.39, 0.29) is 21.4 Å². The highest BCUT2D eigenvalue weighted by Crippen LogP contribution is 2.39. The van der Waals surface area contributed by atoms with Crippen molar-refractivity contribution in [1.29, 1.82) is 0 Å². The average Bonchev–Trinajstić information content (AvgIpc) is 3.43. The molecular formula is C15H12Cl2N10O4S2. The van der Waals surface area contributed by atoms with Crippen molar-refractivity contribution >= 4 is 43.2 Å². The fraction of sp³-hybridized carbons (Fsp3) is 0.0667. The SMILES string of the molecule is NS(=O)(=O)c1ccc(-n2nnnc2C(Cl)(Cl)c2nnnn2-c2ccc(S(N)(=O)=O)cc2)cc1. The molecule has 0 fully saturated rings. The molecule has 0 atom stereocenters. The fourth-order valence-corrected chi connectivity index (χ4v) is 4.27. The van der Waals surface area contributed by atoms with E-state index in [1.165, 1.54) is 48.5 Å². The Hall–Kier alpha value is -3.02. The molecule has 172 valence electrons. The van der Waals surface area contributed by atoms with Gasteiger partial charge in [-0.15, -0.1) is 10.2 Å². The second-order valence-corrected chi connectivity index (χ2v) is 10.9. The number of benzene rings is 2. The molecule has 14 nitrogen and oxygen atoms in total. The summed E-state index contributed by atoms with van der Waals surface area (Å²) in [7, 11) is -7.80. The third-order valence-electron chi connectivity index (χ3n) is 4.32. The Morgan fingerprint density at radius 1 is 0.667 bits per heavy atom. The average molecular weight is 531 g/mol. The Morgan fingerprint density at radius 3 is 1.30 bits per heavy atom. The molecule has 0 spiro atoms. The molecule has 4 aromatic rings. The number of nitrogens with two attached hydrogens (primary N) is 2. The predicted octanol–water partition coefficient (Wildman–Crippen LogP) is -0.388. The smallest absolute Gasteiger partial charge is 0.225 e. The predicted molar refractivity (Wildman–Crippen MR) is 114 cm³/mol. The van der Waals surface area contributed by atoms with Gasteiger partial charge in [0.05, 0.1) is 21.2 Å². The molecule has 0 aliphatic carbocycles. The molecule has 33 heavy (non-hydrogen) atoms. The maximum Gasteiger partial charge on any atom is 0.240 e. The zero-order valence-electron chi connectivity index (χ0n) is 16.1. The summed E-state index contributed by atoms with van der Waals surface area (Å²) in [5.41, 5.74) is 0.647. The highest BCUT2D eigenvalue weighted by molar-refractivity contribution is 7.89. The van der Waals surface area contributed by atoms with Gasteiger partial charge in [-0.2, -0.15) is 9.36 Å². The Labute approximate surface area is 196 Å². The van der Waals surface area contributed by atoms with E-state index in [9.17, 15) is 16.8 Å². The standard InChI is InChI=1S/C15H12Cl2N10O4S2/c16-15(17,13-20-22-24-26(13)9-1-5-11(6-2-9)32(18,28)29)14-21-23-25-27(14)10-3-7-12(8-4-10)33(19,30)31/h1-8H,(H2,18,28,29)(H2,19,30,31). The second kappa shape index (κ2) is 8.08. The van der Waals surface area contributed by atoms with Crippen molar-refractivity contribution in [2.24, 2.45) is 10.3 Å². The first-order chi connectivity index (χ1) is 15.4. The molecule has 18 heteroatoms. The largest absolute Gasteiger partial charge is 0.240 e. The number of aromatic nitrogens is 8. The molecule has 0 amide bonds. The second-order valence-electron chi connectivity index (χ2n) is 6.48. The summed E-state index contributed by atoms with van der Waals surface area (Å²) < 4.78 is 46.3. The van der Waals surface area contributed by atoms with Crippen molar-refractivity contribution in [3.63, 3.8) is 0 Å². The normalized spacial score (nSPS) is 12.7. The first kappa shape index (κ1) is 23.1. The lowest BCUT2D eigenvalue weighted by atomic mass is 10.3. The molecule has 0 bridgehead atoms. The van der Waals surface area contributed by atoms with Crippen LogP contribution in [0.4, 0.5) is 0 Å². The summed E-state index contributed by atoms with van der Waals surface area (Å²) in [4.78, 5) is -0.230. The lowest BCUT2D eigenvalue weighted by molar-refractivity contribution is 0.596. The van der Waals surface area contributed by atoms with E-state index < -0.39 is 24.4 Å². The van der Waals surface area contributed by atoms with Gasteiger partial charge in [0.25, 0.3) is 0 Å². The fourth-order valence-electron chi connectivity index (χ4n) is 2.77. The van der Waals surface area contributed by atoms with Crippen molar-refractivity contribution in [3.8, 4) is 11.4 Å². The molecular weight excluding hydrogens is 519 g/mol. The van der Waals surface area contributed by atoms with Crippen LogP contribution in [0.15, 0.2) is 58.3 Å². The summed E-state index contributed by atoms with van der Waals surface area (Å²) in [6.07, 6.45) is 0. The topological polar surface area (TPSA) is 208 Å². The Bertz CT molecular complexity index is 1420. The molecule has 2 aromatic heterocycles. The van der Waals surface area contributed by atoms with Crippen molar-refractivity contribution in [3.05, 3.63) is 60.2 Å². The van der Waals surface area contributed by atoms with Gasteiger partial charge in [-0.1, -0.05) is 23.2 Å². The highest BCUT2D eigenvalue weighted by atomic mass is 35.5. The molecule has 0 radical (unpaired) electrons. The van der Waals surface area contributed by atoms with Crippen LogP contribution in [-0.4, -0.2) is 57.3 Å². The van der Waals surface area contributed by atoms with Crippen molar-refractivity contribution in [1.82, 2.24) is 40.4 Å². The van der Waals surface area contributed by atoms with Gasteiger partial charge in [0.15, 0.2) is 0 Å². The molecule has 2 aromatic carbocycles. The van der Waals surface area contributed by atoms with E-state index in [1.807, 2.05) is 0 Å². The zero-order chi connectivity index (χ0) is 24.0. The van der Waals surface area contributed by atoms with E-state index in [0.717, 1.165) is 9.36 Å². The maximum absolute atomic E-state index is 11.5. The Kier molecular flexibility index (Phi) is 5.67. The summed E-state index contributed by atoms with van der Waals surface area (Å²) in [5, 5.41) is 32.8. The number of primary sulfonamides is 2. The number of rotatable bonds is 6. The van der Waals surface area contributed by atoms with E-state index >= 15 is 0 Å². The van der Waals surface area contributed by atoms with E-state index in [1.54, 1.807) is 0 Å². The van der Waals surface area contributed by atoms with Crippen LogP contribution in [-0.2, 0) is 24.4 Å². The van der Waals surface area contributed by atoms with Crippen molar-refractivity contribution < 1.29 is 16.8 Å². The number of alkyl halides is 2. The van der Waals surface area contributed by atoms with Gasteiger partial charge in [0, 0.05) is 0 Å². The van der Waals surface area contributed by atoms with Crippen LogP contribution in [0.5, 0.6) is 0 Å². The molecule has 0 aliphatic heterocycles. The number of hydrogen-bond acceptors (Lipinski definition) is 10. The number of sulfonamides is 2. The molecule has 0 saturated heterocycles. The van der Waals surface area contributed by atoms with Crippen LogP contribution in [0.3, 0.4) is 0 Å². The van der Waals surface area contributed by atoms with Gasteiger partial charge >= 0.3 is 0 Å². The minimum atomic E-state index is -3.90. The van der Waals surface area contributed by atoms with E-state index in [0.29, 0.717) is 11.4 Å². The van der Waals surface area contributed by atoms with Crippen LogP contribution >= 0.6 is 23.2 Å². The first-order valence-corrected chi connectivity index (χ1v) is 12.5. The monoisotopic (exact) mass is 530 g/mol. The van der Waals surface area contributed by atoms with Crippen molar-refractivity contribution in [2.45, 2.75) is 14.1 Å². The van der Waals surface area contributed by atoms with Crippen LogP contribution in [0.25, 0.3) is 11.4 Å². The third-order valence-corrected chi connectivity index (χ3v) is 6.85. The van der Waals surface area contributed by atoms with Crippen molar-refractivity contribution in [2.75, 3.05) is 0 Å². The minimum Gasteiger partial charge on any atom is -0.225 e. The molecule has 0 unspecified atom stereocenters. The van der Waals surface area contributed by atoms with Gasteiger partial charge in [0.1, 0.15) is 0 Å². The molecule has 0 aliphatic rings. The minimum absolute atomic E-state index is 0.105. The number of halogens is 2. The summed E-state index contributed by atoms with van der Waals surface area (Å²) >= 11 is 13.2. The lowest BCUT2D eigenvalue weighted by Gasteiger charge is -2.18. The number of tetrazole rings is 2. The molecule has 4 N–H and O–H groups in total. The Balaban J connectivity index is 1.75. The zero-order valence-corrected chi connectivity index (χ0v) is 19.2. The van der Waals surface area contributed by atoms with E-state index in [2.05, 4.69) is 31.1 Å².